The number of amides is 2. The second kappa shape index (κ2) is 7.72. The maximum absolute atomic E-state index is 12.4. The molecule has 0 saturated carbocycles. The van der Waals surface area contributed by atoms with E-state index in [0.717, 1.165) is 17.3 Å². The highest BCUT2D eigenvalue weighted by Crippen LogP contribution is 2.20. The number of hydrogen-bond donors (Lipinski definition) is 1. The van der Waals surface area contributed by atoms with E-state index in [1.54, 1.807) is 9.80 Å². The van der Waals surface area contributed by atoms with Gasteiger partial charge in [0.05, 0.1) is 0 Å². The van der Waals surface area contributed by atoms with Crippen LogP contribution in [0.15, 0.2) is 29.1 Å². The van der Waals surface area contributed by atoms with Crippen molar-refractivity contribution in [3.05, 3.63) is 45.7 Å². The Kier molecular flexibility index (Phi) is 5.40. The van der Waals surface area contributed by atoms with Gasteiger partial charge in [-0.15, -0.1) is 0 Å². The lowest BCUT2D eigenvalue weighted by Crippen LogP contribution is -2.48. The Bertz CT molecular complexity index is 864. The third kappa shape index (κ3) is 3.95. The summed E-state index contributed by atoms with van der Waals surface area (Å²) >= 11 is 0. The highest BCUT2D eigenvalue weighted by atomic mass is 16.2. The molecule has 2 aromatic rings. The van der Waals surface area contributed by atoms with Crippen LogP contribution in [0.25, 0.3) is 10.9 Å². The Morgan fingerprint density at radius 1 is 1.19 bits per heavy atom. The SMILES string of the molecule is CC(C)c1ccc2[nH]c(=O)c(CCC(=O)N3CCN(C=O)CC3)cc2c1. The Labute approximate surface area is 152 Å². The first-order chi connectivity index (χ1) is 12.5. The number of pyridine rings is 1. The molecule has 1 aromatic carbocycles. The number of piperazine rings is 1. The van der Waals surface area contributed by atoms with Crippen molar-refractivity contribution in [3.8, 4) is 0 Å². The van der Waals surface area contributed by atoms with E-state index >= 15 is 0 Å². The van der Waals surface area contributed by atoms with E-state index in [2.05, 4.69) is 24.9 Å². The fraction of sp³-hybridized carbons (Fsp3) is 0.450. The number of fused-ring (bicyclic) bond motifs is 1. The average molecular weight is 355 g/mol. The number of aromatic nitrogens is 1. The zero-order chi connectivity index (χ0) is 18.7. The van der Waals surface area contributed by atoms with Crippen LogP contribution in [0.1, 0.15) is 37.3 Å². The molecule has 138 valence electrons. The molecule has 1 aromatic heterocycles. The number of H-pyrrole nitrogens is 1. The smallest absolute Gasteiger partial charge is 0.251 e. The molecule has 1 aliphatic heterocycles. The van der Waals surface area contributed by atoms with Gasteiger partial charge in [-0.25, -0.2) is 0 Å². The van der Waals surface area contributed by atoms with Crippen molar-refractivity contribution < 1.29 is 9.59 Å². The van der Waals surface area contributed by atoms with Gasteiger partial charge in [0.25, 0.3) is 5.56 Å². The minimum Gasteiger partial charge on any atom is -0.342 e. The molecular formula is C20H25N3O3. The fourth-order valence-electron chi connectivity index (χ4n) is 3.29. The summed E-state index contributed by atoms with van der Waals surface area (Å²) in [6.45, 7) is 6.54. The van der Waals surface area contributed by atoms with Gasteiger partial charge in [-0.2, -0.15) is 0 Å². The van der Waals surface area contributed by atoms with Gasteiger partial charge < -0.3 is 14.8 Å². The molecule has 1 saturated heterocycles. The number of nitrogens with zero attached hydrogens (tertiary/aromatic N) is 2. The predicted octanol–water partition coefficient (Wildman–Crippen LogP) is 1.88. The summed E-state index contributed by atoms with van der Waals surface area (Å²) in [7, 11) is 0. The minimum absolute atomic E-state index is 0.0333. The van der Waals surface area contributed by atoms with E-state index in [4.69, 9.17) is 0 Å². The Hall–Kier alpha value is -2.63. The first kappa shape index (κ1) is 18.2. The fourth-order valence-corrected chi connectivity index (χ4v) is 3.29. The number of hydrogen-bond acceptors (Lipinski definition) is 3. The van der Waals surface area contributed by atoms with Crippen LogP contribution < -0.4 is 5.56 Å². The van der Waals surface area contributed by atoms with Crippen LogP contribution in [0, 0.1) is 0 Å². The molecule has 2 amide bonds. The number of nitrogens with one attached hydrogen (secondary N) is 1. The van der Waals surface area contributed by atoms with Crippen LogP contribution in [-0.4, -0.2) is 53.3 Å². The second-order valence-electron chi connectivity index (χ2n) is 7.15. The maximum atomic E-state index is 12.4. The zero-order valence-electron chi connectivity index (χ0n) is 15.3. The Balaban J connectivity index is 1.70. The van der Waals surface area contributed by atoms with Gasteiger partial charge in [0.15, 0.2) is 0 Å². The molecule has 0 aliphatic carbocycles. The number of aryl methyl sites for hydroxylation is 1. The first-order valence-electron chi connectivity index (χ1n) is 9.11. The number of rotatable bonds is 5. The molecule has 0 radical (unpaired) electrons. The molecule has 3 rings (SSSR count). The van der Waals surface area contributed by atoms with Gasteiger partial charge in [0.2, 0.25) is 12.3 Å². The van der Waals surface area contributed by atoms with Gasteiger partial charge in [-0.3, -0.25) is 14.4 Å². The summed E-state index contributed by atoms with van der Waals surface area (Å²) in [5.41, 5.74) is 2.55. The van der Waals surface area contributed by atoms with Crippen molar-refractivity contribution in [3.63, 3.8) is 0 Å². The monoisotopic (exact) mass is 355 g/mol. The van der Waals surface area contributed by atoms with E-state index in [0.29, 0.717) is 50.5 Å². The maximum Gasteiger partial charge on any atom is 0.251 e. The molecule has 2 heterocycles. The van der Waals surface area contributed by atoms with E-state index in [1.165, 1.54) is 5.56 Å². The molecule has 0 spiro atoms. The van der Waals surface area contributed by atoms with Crippen molar-refractivity contribution in [2.75, 3.05) is 26.2 Å². The van der Waals surface area contributed by atoms with Crippen molar-refractivity contribution in [1.82, 2.24) is 14.8 Å². The average Bonchev–Trinajstić information content (AvgIpc) is 2.65. The first-order valence-corrected chi connectivity index (χ1v) is 9.11. The summed E-state index contributed by atoms with van der Waals surface area (Å²) in [6, 6.07) is 7.97. The molecule has 6 nitrogen and oxygen atoms in total. The largest absolute Gasteiger partial charge is 0.342 e. The number of carbonyl (C=O) groups is 2. The standard InChI is InChI=1S/C20H25N3O3/c1-14(2)15-3-5-18-17(11-15)12-16(20(26)21-18)4-6-19(25)23-9-7-22(13-24)8-10-23/h3,5,11-14H,4,6-10H2,1-2H3,(H,21,26). The molecule has 26 heavy (non-hydrogen) atoms. The summed E-state index contributed by atoms with van der Waals surface area (Å²) in [4.78, 5) is 41.8. The molecule has 6 heteroatoms. The van der Waals surface area contributed by atoms with Gasteiger partial charge >= 0.3 is 0 Å². The van der Waals surface area contributed by atoms with Crippen LogP contribution in [-0.2, 0) is 16.0 Å². The van der Waals surface area contributed by atoms with Crippen LogP contribution >= 0.6 is 0 Å². The Morgan fingerprint density at radius 2 is 1.92 bits per heavy atom. The molecule has 1 fully saturated rings. The lowest BCUT2D eigenvalue weighted by Gasteiger charge is -2.32. The van der Waals surface area contributed by atoms with Crippen molar-refractivity contribution in [1.29, 1.82) is 0 Å². The van der Waals surface area contributed by atoms with E-state index in [-0.39, 0.29) is 11.5 Å². The second-order valence-corrected chi connectivity index (χ2v) is 7.15. The van der Waals surface area contributed by atoms with Crippen LogP contribution in [0.2, 0.25) is 0 Å². The number of benzene rings is 1. The summed E-state index contributed by atoms with van der Waals surface area (Å²) < 4.78 is 0. The third-order valence-electron chi connectivity index (χ3n) is 5.04. The number of aromatic amines is 1. The minimum atomic E-state index is -0.131. The van der Waals surface area contributed by atoms with E-state index in [1.807, 2.05) is 18.2 Å². The van der Waals surface area contributed by atoms with E-state index in [9.17, 15) is 14.4 Å². The molecule has 0 unspecified atom stereocenters. The Morgan fingerprint density at radius 3 is 2.58 bits per heavy atom. The van der Waals surface area contributed by atoms with Crippen LogP contribution in [0.5, 0.6) is 0 Å². The lowest BCUT2D eigenvalue weighted by molar-refractivity contribution is -0.135. The molecule has 0 atom stereocenters. The third-order valence-corrected chi connectivity index (χ3v) is 5.04. The normalized spacial score (nSPS) is 14.9. The molecule has 1 aliphatic rings. The van der Waals surface area contributed by atoms with Crippen LogP contribution in [0.4, 0.5) is 0 Å². The highest BCUT2D eigenvalue weighted by molar-refractivity contribution is 5.80. The van der Waals surface area contributed by atoms with Gasteiger partial charge in [-0.1, -0.05) is 19.9 Å². The van der Waals surface area contributed by atoms with Gasteiger partial charge in [0, 0.05) is 43.7 Å². The van der Waals surface area contributed by atoms with Crippen molar-refractivity contribution >= 4 is 23.2 Å². The molecular weight excluding hydrogens is 330 g/mol. The van der Waals surface area contributed by atoms with Crippen molar-refractivity contribution in [2.24, 2.45) is 0 Å². The predicted molar refractivity (Wildman–Crippen MR) is 101 cm³/mol. The van der Waals surface area contributed by atoms with Crippen LogP contribution in [0.3, 0.4) is 0 Å². The zero-order valence-corrected chi connectivity index (χ0v) is 15.3. The van der Waals surface area contributed by atoms with Crippen molar-refractivity contribution in [2.45, 2.75) is 32.6 Å². The van der Waals surface area contributed by atoms with Gasteiger partial charge in [0.1, 0.15) is 0 Å². The summed E-state index contributed by atoms with van der Waals surface area (Å²) in [5.74, 6) is 0.451. The molecule has 1 N–H and O–H groups in total. The summed E-state index contributed by atoms with van der Waals surface area (Å²) in [5, 5.41) is 0.998. The highest BCUT2D eigenvalue weighted by Gasteiger charge is 2.20. The number of carbonyl (C=O) groups excluding carboxylic acids is 2. The summed E-state index contributed by atoms with van der Waals surface area (Å²) in [6.07, 6.45) is 1.55. The molecule has 0 bridgehead atoms. The van der Waals surface area contributed by atoms with E-state index < -0.39 is 0 Å². The lowest BCUT2D eigenvalue weighted by atomic mass is 10.00. The quantitative estimate of drug-likeness (QED) is 0.833. The topological polar surface area (TPSA) is 73.5 Å². The van der Waals surface area contributed by atoms with Gasteiger partial charge in [-0.05, 0) is 41.5 Å².